The van der Waals surface area contributed by atoms with Crippen molar-refractivity contribution in [3.05, 3.63) is 30.3 Å². The van der Waals surface area contributed by atoms with E-state index >= 15 is 0 Å². The smallest absolute Gasteiger partial charge is 0.285 e. The minimum Gasteiger partial charge on any atom is -0.550 e. The molecule has 0 radical (unpaired) electrons. The molecule has 3 rings (SSSR count). The molecule has 9 heteroatoms. The number of nitrogens with one attached hydrogen (secondary N) is 2. The molecule has 1 aliphatic heterocycles. The highest BCUT2D eigenvalue weighted by molar-refractivity contribution is 5.78. The summed E-state index contributed by atoms with van der Waals surface area (Å²) in [5, 5.41) is 17.8. The fraction of sp³-hybridized carbons (Fsp3) is 0.526. The molecule has 0 saturated carbocycles. The maximum atomic E-state index is 12.3. The summed E-state index contributed by atoms with van der Waals surface area (Å²) in [6.07, 6.45) is 2.32. The average Bonchev–Trinajstić information content (AvgIpc) is 3.20. The number of carbonyl (C=O) groups excluding carboxylic acids is 2. The number of likely N-dealkylation sites (N-methyl/N-ethyl adjacent to an activating group) is 1. The normalized spacial score (nSPS) is 22.2. The first-order valence-corrected chi connectivity index (χ1v) is 9.30. The number of likely N-dealkylation sites (tertiary alicyclic amines) is 1. The van der Waals surface area contributed by atoms with Crippen LogP contribution in [0.25, 0.3) is 11.5 Å². The van der Waals surface area contributed by atoms with Crippen molar-refractivity contribution in [1.82, 2.24) is 20.4 Å². The van der Waals surface area contributed by atoms with Crippen LogP contribution in [-0.2, 0) is 9.59 Å². The first-order valence-electron chi connectivity index (χ1n) is 9.30. The van der Waals surface area contributed by atoms with Crippen molar-refractivity contribution in [2.45, 2.75) is 45.2 Å². The number of carboxylic acids is 1. The van der Waals surface area contributed by atoms with Crippen LogP contribution in [0.5, 0.6) is 0 Å². The Morgan fingerprint density at radius 1 is 1.36 bits per heavy atom. The summed E-state index contributed by atoms with van der Waals surface area (Å²) in [6, 6.07) is 5.43. The van der Waals surface area contributed by atoms with E-state index in [4.69, 9.17) is 4.52 Å². The number of carboxylic acid groups (broad SMARTS) is 1. The minimum atomic E-state index is -1.15. The summed E-state index contributed by atoms with van der Waals surface area (Å²) in [5.41, 5.74) is -0.00262. The highest BCUT2D eigenvalue weighted by Gasteiger charge is 2.39. The SMILES string of the molecule is C[NH+]1C[C@@H](NC(=O)CC(C)(C)CC(=O)[O-])C[C@H]1c1nc(-c2ccccn2)no1. The van der Waals surface area contributed by atoms with Gasteiger partial charge in [-0.2, -0.15) is 4.98 Å². The Kier molecular flexibility index (Phi) is 5.73. The molecule has 28 heavy (non-hydrogen) atoms. The van der Waals surface area contributed by atoms with Crippen LogP contribution >= 0.6 is 0 Å². The van der Waals surface area contributed by atoms with E-state index in [0.717, 1.165) is 11.4 Å². The first-order chi connectivity index (χ1) is 13.2. The van der Waals surface area contributed by atoms with Gasteiger partial charge in [0, 0.05) is 25.0 Å². The van der Waals surface area contributed by atoms with Crippen LogP contribution in [0.15, 0.2) is 28.9 Å². The monoisotopic (exact) mass is 387 g/mol. The summed E-state index contributed by atoms with van der Waals surface area (Å²) in [5.74, 6) is -0.348. The predicted molar refractivity (Wildman–Crippen MR) is 96.6 cm³/mol. The molecule has 2 aromatic rings. The molecule has 0 aliphatic carbocycles. The Bertz CT molecular complexity index is 836. The summed E-state index contributed by atoms with van der Waals surface area (Å²) in [6.45, 7) is 4.21. The van der Waals surface area contributed by atoms with Crippen LogP contribution in [0.4, 0.5) is 0 Å². The second kappa shape index (κ2) is 8.05. The fourth-order valence-corrected chi connectivity index (χ4v) is 3.66. The van der Waals surface area contributed by atoms with Gasteiger partial charge in [-0.15, -0.1) is 0 Å². The zero-order chi connectivity index (χ0) is 20.3. The maximum Gasteiger partial charge on any atom is 0.285 e. The number of nitrogens with zero attached hydrogens (tertiary/aromatic N) is 3. The average molecular weight is 387 g/mol. The summed E-state index contributed by atoms with van der Waals surface area (Å²) in [4.78, 5) is 33.0. The number of aliphatic carboxylic acids is 1. The molecule has 0 aromatic carbocycles. The predicted octanol–water partition coefficient (Wildman–Crippen LogP) is -0.868. The van der Waals surface area contributed by atoms with E-state index < -0.39 is 11.4 Å². The molecule has 1 fully saturated rings. The molecule has 3 heterocycles. The van der Waals surface area contributed by atoms with Crippen LogP contribution in [0.1, 0.15) is 45.0 Å². The Labute approximate surface area is 163 Å². The second-order valence-electron chi connectivity index (χ2n) is 8.16. The van der Waals surface area contributed by atoms with E-state index in [1.807, 2.05) is 25.2 Å². The second-order valence-corrected chi connectivity index (χ2v) is 8.16. The topological polar surface area (TPSA) is 125 Å². The molecule has 1 saturated heterocycles. The molecule has 0 spiro atoms. The first kappa shape index (κ1) is 19.9. The van der Waals surface area contributed by atoms with Crippen LogP contribution in [0, 0.1) is 5.41 Å². The minimum absolute atomic E-state index is 0.0218. The molecule has 150 valence electrons. The van der Waals surface area contributed by atoms with Gasteiger partial charge < -0.3 is 24.6 Å². The number of carbonyl (C=O) groups is 2. The Balaban J connectivity index is 1.60. The highest BCUT2D eigenvalue weighted by atomic mass is 16.5. The van der Waals surface area contributed by atoms with Crippen LogP contribution in [0.3, 0.4) is 0 Å². The maximum absolute atomic E-state index is 12.3. The number of rotatable bonds is 7. The summed E-state index contributed by atoms with van der Waals surface area (Å²) >= 11 is 0. The van der Waals surface area contributed by atoms with Crippen molar-refractivity contribution in [3.63, 3.8) is 0 Å². The standard InChI is InChI=1S/C19H25N5O4/c1-19(2,10-16(26)27)9-15(25)21-12-8-14(24(3)11-12)18-22-17(23-28-18)13-6-4-5-7-20-13/h4-7,12,14H,8-11H2,1-3H3,(H,21,25)(H,26,27)/t12-,14-/m0/s1. The molecule has 2 aromatic heterocycles. The van der Waals surface area contributed by atoms with Gasteiger partial charge >= 0.3 is 0 Å². The highest BCUT2D eigenvalue weighted by Crippen LogP contribution is 2.25. The van der Waals surface area contributed by atoms with Gasteiger partial charge in [-0.1, -0.05) is 25.1 Å². The molecule has 1 amide bonds. The third-order valence-corrected chi connectivity index (χ3v) is 4.94. The van der Waals surface area contributed by atoms with E-state index in [1.54, 1.807) is 20.0 Å². The van der Waals surface area contributed by atoms with Gasteiger partial charge in [-0.3, -0.25) is 9.78 Å². The summed E-state index contributed by atoms with van der Waals surface area (Å²) in [7, 11) is 2.02. The number of pyridine rings is 1. The number of aromatic nitrogens is 3. The van der Waals surface area contributed by atoms with Gasteiger partial charge in [-0.25, -0.2) is 0 Å². The molecule has 1 aliphatic rings. The Morgan fingerprint density at radius 2 is 2.14 bits per heavy atom. The van der Waals surface area contributed by atoms with Crippen molar-refractivity contribution < 1.29 is 24.1 Å². The molecule has 3 atom stereocenters. The van der Waals surface area contributed by atoms with E-state index in [9.17, 15) is 14.7 Å². The largest absolute Gasteiger partial charge is 0.550 e. The zero-order valence-electron chi connectivity index (χ0n) is 16.3. The molecule has 1 unspecified atom stereocenters. The van der Waals surface area contributed by atoms with Gasteiger partial charge in [0.2, 0.25) is 11.7 Å². The summed E-state index contributed by atoms with van der Waals surface area (Å²) < 4.78 is 5.44. The lowest BCUT2D eigenvalue weighted by atomic mass is 9.85. The van der Waals surface area contributed by atoms with Crippen molar-refractivity contribution in [2.24, 2.45) is 5.41 Å². The van der Waals surface area contributed by atoms with Crippen molar-refractivity contribution in [2.75, 3.05) is 13.6 Å². The fourth-order valence-electron chi connectivity index (χ4n) is 3.66. The number of hydrogen-bond donors (Lipinski definition) is 2. The molecule has 2 N–H and O–H groups in total. The quantitative estimate of drug-likeness (QED) is 0.633. The van der Waals surface area contributed by atoms with Crippen molar-refractivity contribution in [1.29, 1.82) is 0 Å². The third kappa shape index (κ3) is 4.92. The number of quaternary nitrogens is 1. The van der Waals surface area contributed by atoms with E-state index in [1.165, 1.54) is 0 Å². The van der Waals surface area contributed by atoms with E-state index in [-0.39, 0.29) is 30.8 Å². The van der Waals surface area contributed by atoms with Gasteiger partial charge in [0.05, 0.1) is 19.6 Å². The molecular weight excluding hydrogens is 362 g/mol. The molecule has 9 nitrogen and oxygen atoms in total. The zero-order valence-corrected chi connectivity index (χ0v) is 16.3. The van der Waals surface area contributed by atoms with Crippen LogP contribution in [-0.4, -0.2) is 46.6 Å². The lowest BCUT2D eigenvalue weighted by Gasteiger charge is -2.24. The number of hydrogen-bond acceptors (Lipinski definition) is 7. The van der Waals surface area contributed by atoms with Gasteiger partial charge in [0.1, 0.15) is 5.69 Å². The van der Waals surface area contributed by atoms with Gasteiger partial charge in [-0.05, 0) is 24.0 Å². The van der Waals surface area contributed by atoms with E-state index in [0.29, 0.717) is 23.8 Å². The third-order valence-electron chi connectivity index (χ3n) is 4.94. The lowest BCUT2D eigenvalue weighted by Crippen LogP contribution is -3.07. The number of amides is 1. The van der Waals surface area contributed by atoms with Gasteiger partial charge in [0.15, 0.2) is 6.04 Å². The Hall–Kier alpha value is -2.81. The molecular formula is C19H25N5O4. The van der Waals surface area contributed by atoms with Crippen LogP contribution in [0.2, 0.25) is 0 Å². The van der Waals surface area contributed by atoms with E-state index in [2.05, 4.69) is 20.4 Å². The van der Waals surface area contributed by atoms with Crippen molar-refractivity contribution >= 4 is 11.9 Å². The van der Waals surface area contributed by atoms with Crippen molar-refractivity contribution in [3.8, 4) is 11.5 Å². The Morgan fingerprint density at radius 3 is 2.82 bits per heavy atom. The van der Waals surface area contributed by atoms with Crippen LogP contribution < -0.4 is 15.3 Å². The molecule has 0 bridgehead atoms. The van der Waals surface area contributed by atoms with Gasteiger partial charge in [0.25, 0.3) is 5.89 Å². The lowest BCUT2D eigenvalue weighted by molar-refractivity contribution is -0.900.